The van der Waals surface area contributed by atoms with Gasteiger partial charge in [0.25, 0.3) is 0 Å². The van der Waals surface area contributed by atoms with Crippen molar-refractivity contribution in [1.82, 2.24) is 4.90 Å². The van der Waals surface area contributed by atoms with Crippen LogP contribution in [0.15, 0.2) is 18.2 Å². The summed E-state index contributed by atoms with van der Waals surface area (Å²) in [6, 6.07) is 7.59. The summed E-state index contributed by atoms with van der Waals surface area (Å²) in [6.45, 7) is 13.6. The van der Waals surface area contributed by atoms with Crippen LogP contribution in [0.4, 0.5) is 11.4 Å². The van der Waals surface area contributed by atoms with Crippen molar-refractivity contribution in [3.63, 3.8) is 0 Å². The van der Waals surface area contributed by atoms with Crippen molar-refractivity contribution in [1.29, 1.82) is 0 Å². The van der Waals surface area contributed by atoms with Gasteiger partial charge in [0.05, 0.1) is 0 Å². The zero-order chi connectivity index (χ0) is 22.0. The lowest BCUT2D eigenvalue weighted by molar-refractivity contribution is 0.159. The van der Waals surface area contributed by atoms with Crippen LogP contribution in [0.3, 0.4) is 0 Å². The molecule has 0 aromatic heterocycles. The van der Waals surface area contributed by atoms with E-state index in [1.54, 1.807) is 11.3 Å². The maximum Gasteiger partial charge on any atom is 0.0404 e. The molecule has 4 heteroatoms. The fraction of sp³-hybridized carbons (Fsp3) is 0.793. The van der Waals surface area contributed by atoms with Crippen LogP contribution in [0.5, 0.6) is 0 Å². The molecule has 2 heterocycles. The van der Waals surface area contributed by atoms with Gasteiger partial charge in [-0.25, -0.2) is 0 Å². The van der Waals surface area contributed by atoms with Crippen molar-refractivity contribution in [3.05, 3.63) is 23.8 Å². The number of anilines is 2. The van der Waals surface area contributed by atoms with Crippen LogP contribution < -0.4 is 9.80 Å². The number of rotatable bonds is 7. The number of nitrogens with zero attached hydrogens (tertiary/aromatic N) is 3. The van der Waals surface area contributed by atoms with Gasteiger partial charge < -0.3 is 9.80 Å². The molecule has 4 fully saturated rings. The fourth-order valence-corrected chi connectivity index (χ4v) is 6.84. The van der Waals surface area contributed by atoms with Crippen molar-refractivity contribution in [2.24, 2.45) is 11.3 Å². The molecule has 4 aliphatic rings. The average molecular weight is 474 g/mol. The van der Waals surface area contributed by atoms with Crippen molar-refractivity contribution in [3.8, 4) is 0 Å². The molecule has 2 aliphatic heterocycles. The molecule has 0 atom stereocenters. The predicted octanol–water partition coefficient (Wildman–Crippen LogP) is 7.09. The third-order valence-electron chi connectivity index (χ3n) is 9.64. The highest BCUT2D eigenvalue weighted by Crippen LogP contribution is 2.49. The SMILES string of the molecule is CCC1(CC)CCC(c2cc(N3CCCCC3)ccc2N2CCN(CC3CC3)CC2)CC1.Cl. The van der Waals surface area contributed by atoms with Gasteiger partial charge >= 0.3 is 0 Å². The van der Waals surface area contributed by atoms with Gasteiger partial charge in [0.15, 0.2) is 0 Å². The maximum absolute atomic E-state index is 2.74. The van der Waals surface area contributed by atoms with E-state index in [1.165, 1.54) is 122 Å². The predicted molar refractivity (Wildman–Crippen MR) is 145 cm³/mol. The van der Waals surface area contributed by atoms with E-state index >= 15 is 0 Å². The lowest BCUT2D eigenvalue weighted by Crippen LogP contribution is -2.47. The minimum atomic E-state index is 0. The van der Waals surface area contributed by atoms with Gasteiger partial charge in [-0.3, -0.25) is 4.90 Å². The molecule has 2 saturated heterocycles. The number of piperidine rings is 1. The highest BCUT2D eigenvalue weighted by Gasteiger charge is 2.34. The van der Waals surface area contributed by atoms with Crippen molar-refractivity contribution >= 4 is 23.8 Å². The van der Waals surface area contributed by atoms with Crippen molar-refractivity contribution < 1.29 is 0 Å². The lowest BCUT2D eigenvalue weighted by Gasteiger charge is -2.42. The molecule has 0 unspecified atom stereocenters. The molecule has 0 radical (unpaired) electrons. The molecule has 5 rings (SSSR count). The zero-order valence-electron chi connectivity index (χ0n) is 21.4. The first-order chi connectivity index (χ1) is 15.7. The first-order valence-corrected chi connectivity index (χ1v) is 14.1. The highest BCUT2D eigenvalue weighted by molar-refractivity contribution is 5.85. The smallest absolute Gasteiger partial charge is 0.0404 e. The maximum atomic E-state index is 2.74. The van der Waals surface area contributed by atoms with E-state index in [0.717, 1.165) is 11.8 Å². The van der Waals surface area contributed by atoms with Crippen LogP contribution in [0.1, 0.15) is 96.0 Å². The second kappa shape index (κ2) is 11.2. The fourth-order valence-electron chi connectivity index (χ4n) is 6.84. The van der Waals surface area contributed by atoms with Crippen LogP contribution in [0.2, 0.25) is 0 Å². The Labute approximate surface area is 209 Å². The van der Waals surface area contributed by atoms with Gasteiger partial charge in [-0.15, -0.1) is 12.4 Å². The lowest BCUT2D eigenvalue weighted by atomic mass is 9.66. The largest absolute Gasteiger partial charge is 0.372 e. The summed E-state index contributed by atoms with van der Waals surface area (Å²) in [5, 5.41) is 0. The standard InChI is InChI=1S/C29H47N3.ClH/c1-3-29(4-2)14-12-25(13-15-29)27-22-26(31-16-6-5-7-17-31)10-11-28(27)32-20-18-30(19-21-32)23-24-8-9-24;/h10-11,22,24-25H,3-9,12-21,23H2,1-2H3;1H. The number of halogens is 1. The summed E-state index contributed by atoms with van der Waals surface area (Å²) in [6.07, 6.45) is 15.4. The Bertz CT molecular complexity index is 733. The Morgan fingerprint density at radius 3 is 2.06 bits per heavy atom. The summed E-state index contributed by atoms with van der Waals surface area (Å²) < 4.78 is 0. The number of piperazine rings is 1. The molecular weight excluding hydrogens is 426 g/mol. The molecule has 186 valence electrons. The minimum Gasteiger partial charge on any atom is -0.372 e. The summed E-state index contributed by atoms with van der Waals surface area (Å²) in [4.78, 5) is 8.13. The monoisotopic (exact) mass is 473 g/mol. The minimum absolute atomic E-state index is 0. The molecule has 1 aromatic rings. The molecule has 3 nitrogen and oxygen atoms in total. The van der Waals surface area contributed by atoms with E-state index in [-0.39, 0.29) is 12.4 Å². The van der Waals surface area contributed by atoms with Crippen LogP contribution in [-0.4, -0.2) is 50.7 Å². The normalized spacial score (nSPS) is 24.5. The van der Waals surface area contributed by atoms with Gasteiger partial charge in [-0.05, 0) is 98.8 Å². The van der Waals surface area contributed by atoms with Crippen LogP contribution in [-0.2, 0) is 0 Å². The second-order valence-corrected chi connectivity index (χ2v) is 11.5. The highest BCUT2D eigenvalue weighted by atomic mass is 35.5. The van der Waals surface area contributed by atoms with Crippen LogP contribution in [0.25, 0.3) is 0 Å². The number of hydrogen-bond acceptors (Lipinski definition) is 3. The molecule has 0 bridgehead atoms. The van der Waals surface area contributed by atoms with Gasteiger partial charge in [0, 0.05) is 57.2 Å². The molecule has 0 amide bonds. The molecule has 1 aromatic carbocycles. The summed E-state index contributed by atoms with van der Waals surface area (Å²) in [5.41, 5.74) is 5.38. The first-order valence-electron chi connectivity index (χ1n) is 14.1. The molecular formula is C29H48ClN3. The molecule has 0 spiro atoms. The Balaban J connectivity index is 0.00000259. The van der Waals surface area contributed by atoms with Crippen molar-refractivity contribution in [2.45, 2.75) is 90.4 Å². The second-order valence-electron chi connectivity index (χ2n) is 11.5. The van der Waals surface area contributed by atoms with Gasteiger partial charge in [0.1, 0.15) is 0 Å². The van der Waals surface area contributed by atoms with Crippen molar-refractivity contribution in [2.75, 3.05) is 55.6 Å². The Morgan fingerprint density at radius 2 is 1.45 bits per heavy atom. The average Bonchev–Trinajstić information content (AvgIpc) is 3.69. The molecule has 33 heavy (non-hydrogen) atoms. The van der Waals surface area contributed by atoms with Gasteiger partial charge in [0.2, 0.25) is 0 Å². The summed E-state index contributed by atoms with van der Waals surface area (Å²) >= 11 is 0. The summed E-state index contributed by atoms with van der Waals surface area (Å²) in [5.74, 6) is 1.77. The Morgan fingerprint density at radius 1 is 0.788 bits per heavy atom. The number of hydrogen-bond donors (Lipinski definition) is 0. The van der Waals surface area contributed by atoms with E-state index in [2.05, 4.69) is 46.7 Å². The van der Waals surface area contributed by atoms with Crippen LogP contribution >= 0.6 is 12.4 Å². The molecule has 2 aliphatic carbocycles. The molecule has 2 saturated carbocycles. The third-order valence-corrected chi connectivity index (χ3v) is 9.64. The third kappa shape index (κ3) is 5.84. The quantitative estimate of drug-likeness (QED) is 0.418. The Kier molecular flexibility index (Phi) is 8.55. The van der Waals surface area contributed by atoms with E-state index in [4.69, 9.17) is 0 Å². The van der Waals surface area contributed by atoms with Gasteiger partial charge in [-0.2, -0.15) is 0 Å². The van der Waals surface area contributed by atoms with Gasteiger partial charge in [-0.1, -0.05) is 26.7 Å². The van der Waals surface area contributed by atoms with E-state index in [1.807, 2.05) is 0 Å². The number of benzene rings is 1. The van der Waals surface area contributed by atoms with Crippen LogP contribution in [0, 0.1) is 11.3 Å². The first kappa shape index (κ1) is 25.2. The summed E-state index contributed by atoms with van der Waals surface area (Å²) in [7, 11) is 0. The topological polar surface area (TPSA) is 9.72 Å². The zero-order valence-corrected chi connectivity index (χ0v) is 22.2. The van der Waals surface area contributed by atoms with E-state index in [0.29, 0.717) is 5.41 Å². The Hall–Kier alpha value is -0.930. The van der Waals surface area contributed by atoms with E-state index < -0.39 is 0 Å². The van der Waals surface area contributed by atoms with E-state index in [9.17, 15) is 0 Å². The molecule has 0 N–H and O–H groups in total.